The zero-order valence-electron chi connectivity index (χ0n) is 12.4. The summed E-state index contributed by atoms with van der Waals surface area (Å²) in [5.74, 6) is 0. The lowest BCUT2D eigenvalue weighted by Crippen LogP contribution is -2.27. The van der Waals surface area contributed by atoms with Gasteiger partial charge >= 0.3 is 0 Å². The molecular formula is C16H16N2O4S. The first-order chi connectivity index (χ1) is 11.0. The fourth-order valence-electron chi connectivity index (χ4n) is 2.67. The molecular weight excluding hydrogens is 316 g/mol. The molecule has 3 rings (SSSR count). The number of sulfonamides is 1. The lowest BCUT2D eigenvalue weighted by Gasteiger charge is -2.15. The van der Waals surface area contributed by atoms with Gasteiger partial charge < -0.3 is 0 Å². The Morgan fingerprint density at radius 3 is 1.83 bits per heavy atom. The maximum atomic E-state index is 12.5. The number of benzene rings is 2. The quantitative estimate of drug-likeness (QED) is 0.636. The molecule has 1 saturated heterocycles. The van der Waals surface area contributed by atoms with Crippen molar-refractivity contribution in [1.29, 1.82) is 0 Å². The highest BCUT2D eigenvalue weighted by Gasteiger charge is 2.26. The Labute approximate surface area is 134 Å². The van der Waals surface area contributed by atoms with E-state index in [0.29, 0.717) is 13.1 Å². The number of hydrogen-bond acceptors (Lipinski definition) is 4. The van der Waals surface area contributed by atoms with Gasteiger partial charge in [-0.2, -0.15) is 4.31 Å². The highest BCUT2D eigenvalue weighted by Crippen LogP contribution is 2.26. The molecule has 0 atom stereocenters. The maximum absolute atomic E-state index is 12.5. The fraction of sp³-hybridized carbons (Fsp3) is 0.250. The van der Waals surface area contributed by atoms with Crippen LogP contribution in [0.5, 0.6) is 0 Å². The van der Waals surface area contributed by atoms with E-state index in [0.717, 1.165) is 24.0 Å². The summed E-state index contributed by atoms with van der Waals surface area (Å²) in [5, 5.41) is 10.7. The summed E-state index contributed by atoms with van der Waals surface area (Å²) in [5.41, 5.74) is 1.66. The van der Waals surface area contributed by atoms with Crippen molar-refractivity contribution >= 4 is 15.7 Å². The maximum Gasteiger partial charge on any atom is 0.269 e. The summed E-state index contributed by atoms with van der Waals surface area (Å²) in [7, 11) is -3.41. The summed E-state index contributed by atoms with van der Waals surface area (Å²) in [6, 6.07) is 12.8. The summed E-state index contributed by atoms with van der Waals surface area (Å²) >= 11 is 0. The Balaban J connectivity index is 1.85. The molecule has 0 bridgehead atoms. The highest BCUT2D eigenvalue weighted by atomic mass is 32.2. The fourth-order valence-corrected chi connectivity index (χ4v) is 4.19. The van der Waals surface area contributed by atoms with Crippen LogP contribution in [0.15, 0.2) is 53.4 Å². The van der Waals surface area contributed by atoms with Crippen LogP contribution in [0.4, 0.5) is 5.69 Å². The number of nitro groups is 1. The minimum Gasteiger partial charge on any atom is -0.258 e. The van der Waals surface area contributed by atoms with Gasteiger partial charge in [-0.15, -0.1) is 0 Å². The van der Waals surface area contributed by atoms with Crippen LogP contribution < -0.4 is 0 Å². The molecule has 1 aliphatic rings. The van der Waals surface area contributed by atoms with E-state index in [-0.39, 0.29) is 10.6 Å². The van der Waals surface area contributed by atoms with Crippen molar-refractivity contribution in [3.05, 3.63) is 58.6 Å². The smallest absolute Gasteiger partial charge is 0.258 e. The molecule has 1 aliphatic heterocycles. The topological polar surface area (TPSA) is 80.5 Å². The van der Waals surface area contributed by atoms with Crippen molar-refractivity contribution in [2.24, 2.45) is 0 Å². The van der Waals surface area contributed by atoms with E-state index in [4.69, 9.17) is 0 Å². The molecule has 6 nitrogen and oxygen atoms in total. The number of hydrogen-bond donors (Lipinski definition) is 0. The largest absolute Gasteiger partial charge is 0.269 e. The standard InChI is InChI=1S/C16H16N2O4S/c19-18(20)15-7-3-13(4-8-15)14-5-9-16(10-6-14)23(21,22)17-11-1-2-12-17/h3-10H,1-2,11-12H2. The molecule has 0 aromatic heterocycles. The summed E-state index contributed by atoms with van der Waals surface area (Å²) in [6.45, 7) is 1.15. The molecule has 7 heteroatoms. The van der Waals surface area contributed by atoms with E-state index >= 15 is 0 Å². The van der Waals surface area contributed by atoms with Crippen molar-refractivity contribution in [2.45, 2.75) is 17.7 Å². The van der Waals surface area contributed by atoms with Gasteiger partial charge in [0, 0.05) is 25.2 Å². The molecule has 0 spiro atoms. The third kappa shape index (κ3) is 3.11. The van der Waals surface area contributed by atoms with Gasteiger partial charge in [-0.25, -0.2) is 8.42 Å². The molecule has 23 heavy (non-hydrogen) atoms. The Morgan fingerprint density at radius 1 is 0.870 bits per heavy atom. The molecule has 0 radical (unpaired) electrons. The van der Waals surface area contributed by atoms with Crippen LogP contribution in [-0.4, -0.2) is 30.7 Å². The van der Waals surface area contributed by atoms with Gasteiger partial charge in [0.05, 0.1) is 9.82 Å². The van der Waals surface area contributed by atoms with E-state index < -0.39 is 14.9 Å². The summed E-state index contributed by atoms with van der Waals surface area (Å²) < 4.78 is 26.4. The van der Waals surface area contributed by atoms with Gasteiger partial charge in [0.2, 0.25) is 10.0 Å². The van der Waals surface area contributed by atoms with Crippen LogP contribution in [0, 0.1) is 10.1 Å². The van der Waals surface area contributed by atoms with Gasteiger partial charge in [0.25, 0.3) is 5.69 Å². The zero-order chi connectivity index (χ0) is 16.4. The Morgan fingerprint density at radius 2 is 1.35 bits per heavy atom. The van der Waals surface area contributed by atoms with Gasteiger partial charge in [0.1, 0.15) is 0 Å². The minimum atomic E-state index is -3.41. The lowest BCUT2D eigenvalue weighted by molar-refractivity contribution is -0.384. The zero-order valence-corrected chi connectivity index (χ0v) is 13.2. The van der Waals surface area contributed by atoms with Gasteiger partial charge in [-0.05, 0) is 48.2 Å². The van der Waals surface area contributed by atoms with Crippen LogP contribution in [0.1, 0.15) is 12.8 Å². The van der Waals surface area contributed by atoms with E-state index in [2.05, 4.69) is 0 Å². The number of rotatable bonds is 4. The van der Waals surface area contributed by atoms with Crippen molar-refractivity contribution in [3.8, 4) is 11.1 Å². The molecule has 120 valence electrons. The second kappa shape index (κ2) is 6.10. The van der Waals surface area contributed by atoms with Crippen LogP contribution in [0.3, 0.4) is 0 Å². The molecule has 0 saturated carbocycles. The monoisotopic (exact) mass is 332 g/mol. The predicted octanol–water partition coefficient (Wildman–Crippen LogP) is 3.05. The number of non-ortho nitro benzene ring substituents is 1. The van der Waals surface area contributed by atoms with Gasteiger partial charge in [0.15, 0.2) is 0 Å². The number of nitro benzene ring substituents is 1. The summed E-state index contributed by atoms with van der Waals surface area (Å²) in [4.78, 5) is 10.5. The molecule has 0 aliphatic carbocycles. The first-order valence-electron chi connectivity index (χ1n) is 7.33. The van der Waals surface area contributed by atoms with Gasteiger partial charge in [-0.1, -0.05) is 12.1 Å². The average molecular weight is 332 g/mol. The van der Waals surface area contributed by atoms with E-state index in [1.807, 2.05) is 0 Å². The van der Waals surface area contributed by atoms with Crippen LogP contribution in [-0.2, 0) is 10.0 Å². The van der Waals surface area contributed by atoms with Crippen molar-refractivity contribution in [2.75, 3.05) is 13.1 Å². The second-order valence-electron chi connectivity index (χ2n) is 5.44. The first-order valence-corrected chi connectivity index (χ1v) is 8.77. The Bertz CT molecular complexity index is 808. The average Bonchev–Trinajstić information content (AvgIpc) is 3.10. The number of nitrogens with zero attached hydrogens (tertiary/aromatic N) is 2. The molecule has 0 unspecified atom stereocenters. The van der Waals surface area contributed by atoms with Crippen molar-refractivity contribution in [3.63, 3.8) is 0 Å². The van der Waals surface area contributed by atoms with E-state index in [9.17, 15) is 18.5 Å². The molecule has 2 aromatic rings. The van der Waals surface area contributed by atoms with Gasteiger partial charge in [-0.3, -0.25) is 10.1 Å². The van der Waals surface area contributed by atoms with Crippen molar-refractivity contribution < 1.29 is 13.3 Å². The Kier molecular flexibility index (Phi) is 4.14. The van der Waals surface area contributed by atoms with Crippen molar-refractivity contribution in [1.82, 2.24) is 4.31 Å². The highest BCUT2D eigenvalue weighted by molar-refractivity contribution is 7.89. The lowest BCUT2D eigenvalue weighted by atomic mass is 10.1. The van der Waals surface area contributed by atoms with Crippen LogP contribution >= 0.6 is 0 Å². The second-order valence-corrected chi connectivity index (χ2v) is 7.38. The molecule has 0 amide bonds. The minimum absolute atomic E-state index is 0.0296. The van der Waals surface area contributed by atoms with E-state index in [1.165, 1.54) is 16.4 Å². The first kappa shape index (κ1) is 15.6. The van der Waals surface area contributed by atoms with Crippen LogP contribution in [0.2, 0.25) is 0 Å². The normalized spacial score (nSPS) is 15.7. The third-order valence-corrected chi connectivity index (χ3v) is 5.88. The molecule has 1 fully saturated rings. The third-order valence-electron chi connectivity index (χ3n) is 3.97. The Hall–Kier alpha value is -2.25. The predicted molar refractivity (Wildman–Crippen MR) is 86.5 cm³/mol. The summed E-state index contributed by atoms with van der Waals surface area (Å²) in [6.07, 6.45) is 1.81. The molecule has 2 aromatic carbocycles. The molecule has 0 N–H and O–H groups in total. The molecule has 1 heterocycles. The van der Waals surface area contributed by atoms with E-state index in [1.54, 1.807) is 36.4 Å². The van der Waals surface area contributed by atoms with Crippen LogP contribution in [0.25, 0.3) is 11.1 Å². The SMILES string of the molecule is O=[N+]([O-])c1ccc(-c2ccc(S(=O)(=O)N3CCCC3)cc2)cc1.